The summed E-state index contributed by atoms with van der Waals surface area (Å²) in [7, 11) is 0. The van der Waals surface area contributed by atoms with Crippen molar-refractivity contribution in [3.05, 3.63) is 40.6 Å². The van der Waals surface area contributed by atoms with Crippen molar-refractivity contribution >= 4 is 15.9 Å². The van der Waals surface area contributed by atoms with Crippen molar-refractivity contribution in [1.29, 1.82) is 0 Å². The van der Waals surface area contributed by atoms with E-state index in [0.717, 1.165) is 15.8 Å². The first kappa shape index (κ1) is 9.33. The summed E-state index contributed by atoms with van der Waals surface area (Å²) in [5.74, 6) is 0.861. The third-order valence-corrected chi connectivity index (χ3v) is 1.77. The van der Waals surface area contributed by atoms with Gasteiger partial charge in [0, 0.05) is 4.47 Å². The monoisotopic (exact) mass is 226 g/mol. The molecule has 1 aromatic carbocycles. The maximum absolute atomic E-state index is 5.34. The lowest BCUT2D eigenvalue weighted by Gasteiger charge is -1.99. The van der Waals surface area contributed by atoms with Crippen LogP contribution in [-0.4, -0.2) is 0 Å². The zero-order valence-corrected chi connectivity index (χ0v) is 8.76. The molecule has 1 rings (SSSR count). The Bertz CT molecular complexity index is 270. The lowest BCUT2D eigenvalue weighted by atomic mass is 10.3. The zero-order valence-electron chi connectivity index (χ0n) is 7.17. The summed E-state index contributed by atoms with van der Waals surface area (Å²) in [5.41, 5.74) is 1.15. The molecule has 0 radical (unpaired) electrons. The number of ether oxygens (including phenoxy) is 1. The Balaban J connectivity index is 2.65. The van der Waals surface area contributed by atoms with Gasteiger partial charge in [0.1, 0.15) is 5.75 Å². The summed E-state index contributed by atoms with van der Waals surface area (Å²) in [6.45, 7) is 4.00. The molecule has 12 heavy (non-hydrogen) atoms. The lowest BCUT2D eigenvalue weighted by Crippen LogP contribution is -1.82. The fourth-order valence-electron chi connectivity index (χ4n) is 0.699. The van der Waals surface area contributed by atoms with Crippen LogP contribution in [0.4, 0.5) is 0 Å². The fraction of sp³-hybridized carbons (Fsp3) is 0.200. The first-order chi connectivity index (χ1) is 5.68. The highest BCUT2D eigenvalue weighted by molar-refractivity contribution is 9.10. The minimum atomic E-state index is 0.861. The number of halogens is 1. The molecule has 0 saturated heterocycles. The first-order valence-corrected chi connectivity index (χ1v) is 4.53. The van der Waals surface area contributed by atoms with E-state index in [1.165, 1.54) is 0 Å². The van der Waals surface area contributed by atoms with Crippen molar-refractivity contribution in [2.24, 2.45) is 0 Å². The van der Waals surface area contributed by atoms with Crippen molar-refractivity contribution in [2.75, 3.05) is 0 Å². The van der Waals surface area contributed by atoms with Crippen LogP contribution in [0.3, 0.4) is 0 Å². The standard InChI is InChI=1S/C10H11BrO/c1-8(2)7-12-10-5-3-9(11)4-6-10/h3-7H,1-2H3. The third-order valence-electron chi connectivity index (χ3n) is 1.24. The number of rotatable bonds is 2. The Morgan fingerprint density at radius 3 is 2.33 bits per heavy atom. The van der Waals surface area contributed by atoms with E-state index in [9.17, 15) is 0 Å². The van der Waals surface area contributed by atoms with E-state index in [1.54, 1.807) is 6.26 Å². The van der Waals surface area contributed by atoms with Gasteiger partial charge in [0.15, 0.2) is 0 Å². The molecule has 0 fully saturated rings. The van der Waals surface area contributed by atoms with Gasteiger partial charge in [-0.1, -0.05) is 15.9 Å². The molecule has 0 spiro atoms. The molecule has 0 unspecified atom stereocenters. The van der Waals surface area contributed by atoms with Gasteiger partial charge in [-0.25, -0.2) is 0 Å². The smallest absolute Gasteiger partial charge is 0.126 e. The molecule has 0 atom stereocenters. The molecule has 0 N–H and O–H groups in total. The van der Waals surface area contributed by atoms with Crippen LogP contribution in [0, 0.1) is 0 Å². The Kier molecular flexibility index (Phi) is 3.35. The Hall–Kier alpha value is -0.760. The van der Waals surface area contributed by atoms with Gasteiger partial charge in [-0.2, -0.15) is 0 Å². The van der Waals surface area contributed by atoms with Gasteiger partial charge in [0.05, 0.1) is 6.26 Å². The van der Waals surface area contributed by atoms with Crippen LogP contribution in [-0.2, 0) is 0 Å². The maximum atomic E-state index is 5.34. The summed E-state index contributed by atoms with van der Waals surface area (Å²) >= 11 is 3.35. The van der Waals surface area contributed by atoms with Crippen LogP contribution in [0.15, 0.2) is 40.6 Å². The number of hydrogen-bond donors (Lipinski definition) is 0. The molecule has 0 bridgehead atoms. The fourth-order valence-corrected chi connectivity index (χ4v) is 0.963. The van der Waals surface area contributed by atoms with Crippen LogP contribution in [0.5, 0.6) is 5.75 Å². The van der Waals surface area contributed by atoms with Crippen LogP contribution in [0.2, 0.25) is 0 Å². The van der Waals surface area contributed by atoms with Gasteiger partial charge < -0.3 is 4.74 Å². The van der Waals surface area contributed by atoms with Gasteiger partial charge in [0.25, 0.3) is 0 Å². The Morgan fingerprint density at radius 2 is 1.83 bits per heavy atom. The molecule has 1 nitrogen and oxygen atoms in total. The van der Waals surface area contributed by atoms with Crippen LogP contribution < -0.4 is 4.74 Å². The first-order valence-electron chi connectivity index (χ1n) is 3.74. The average molecular weight is 227 g/mol. The second kappa shape index (κ2) is 4.31. The van der Waals surface area contributed by atoms with Gasteiger partial charge in [0.2, 0.25) is 0 Å². The molecule has 0 aliphatic heterocycles. The largest absolute Gasteiger partial charge is 0.465 e. The number of hydrogen-bond acceptors (Lipinski definition) is 1. The summed E-state index contributed by atoms with van der Waals surface area (Å²) in [6, 6.07) is 7.75. The SMILES string of the molecule is CC(C)=COc1ccc(Br)cc1. The number of allylic oxidation sites excluding steroid dienone is 1. The normalized spacial score (nSPS) is 9.25. The van der Waals surface area contributed by atoms with Crippen LogP contribution in [0.25, 0.3) is 0 Å². The van der Waals surface area contributed by atoms with Gasteiger partial charge in [-0.15, -0.1) is 0 Å². The van der Waals surface area contributed by atoms with E-state index in [2.05, 4.69) is 15.9 Å². The summed E-state index contributed by atoms with van der Waals surface area (Å²) in [6.07, 6.45) is 1.74. The lowest BCUT2D eigenvalue weighted by molar-refractivity contribution is 0.475. The van der Waals surface area contributed by atoms with Crippen molar-refractivity contribution in [3.8, 4) is 5.75 Å². The zero-order chi connectivity index (χ0) is 8.97. The molecule has 0 aliphatic rings. The van der Waals surface area contributed by atoms with Gasteiger partial charge in [-0.3, -0.25) is 0 Å². The van der Waals surface area contributed by atoms with E-state index < -0.39 is 0 Å². The van der Waals surface area contributed by atoms with E-state index in [4.69, 9.17) is 4.74 Å². The Morgan fingerprint density at radius 1 is 1.25 bits per heavy atom. The van der Waals surface area contributed by atoms with Gasteiger partial charge in [-0.05, 0) is 43.7 Å². The average Bonchev–Trinajstić information content (AvgIpc) is 2.03. The Labute approximate surface area is 81.2 Å². The van der Waals surface area contributed by atoms with E-state index in [0.29, 0.717) is 0 Å². The minimum absolute atomic E-state index is 0.861. The van der Waals surface area contributed by atoms with E-state index >= 15 is 0 Å². The highest BCUT2D eigenvalue weighted by Gasteiger charge is 1.89. The highest BCUT2D eigenvalue weighted by Crippen LogP contribution is 2.16. The second-order valence-corrected chi connectivity index (χ2v) is 3.68. The van der Waals surface area contributed by atoms with Crippen molar-refractivity contribution in [2.45, 2.75) is 13.8 Å². The number of benzene rings is 1. The molecular weight excluding hydrogens is 216 g/mol. The summed E-state index contributed by atoms with van der Waals surface area (Å²) in [5, 5.41) is 0. The quantitative estimate of drug-likeness (QED) is 0.699. The van der Waals surface area contributed by atoms with Crippen molar-refractivity contribution in [3.63, 3.8) is 0 Å². The van der Waals surface area contributed by atoms with Crippen LogP contribution >= 0.6 is 15.9 Å². The second-order valence-electron chi connectivity index (χ2n) is 2.77. The molecular formula is C10H11BrO. The van der Waals surface area contributed by atoms with Gasteiger partial charge >= 0.3 is 0 Å². The predicted molar refractivity (Wildman–Crippen MR) is 54.2 cm³/mol. The van der Waals surface area contributed by atoms with Crippen LogP contribution in [0.1, 0.15) is 13.8 Å². The molecule has 64 valence electrons. The summed E-state index contributed by atoms with van der Waals surface area (Å²) < 4.78 is 6.40. The molecule has 0 saturated carbocycles. The molecule has 0 aromatic heterocycles. The van der Waals surface area contributed by atoms with Crippen molar-refractivity contribution < 1.29 is 4.74 Å². The third kappa shape index (κ3) is 3.09. The summed E-state index contributed by atoms with van der Waals surface area (Å²) in [4.78, 5) is 0. The minimum Gasteiger partial charge on any atom is -0.465 e. The molecule has 1 aromatic rings. The topological polar surface area (TPSA) is 9.23 Å². The molecule has 0 aliphatic carbocycles. The predicted octanol–water partition coefficient (Wildman–Crippen LogP) is 3.75. The molecule has 2 heteroatoms. The maximum Gasteiger partial charge on any atom is 0.126 e. The highest BCUT2D eigenvalue weighted by atomic mass is 79.9. The molecule has 0 heterocycles. The molecule has 0 amide bonds. The van der Waals surface area contributed by atoms with Crippen molar-refractivity contribution in [1.82, 2.24) is 0 Å². The van der Waals surface area contributed by atoms with E-state index in [1.807, 2.05) is 38.1 Å². The van der Waals surface area contributed by atoms with E-state index in [-0.39, 0.29) is 0 Å².